The molecule has 5 aliphatic rings. The molecule has 1 N–H and O–H groups in total. The third-order valence-corrected chi connectivity index (χ3v) is 9.93. The molecular formula is C34H37N3O2. The average Bonchev–Trinajstić information content (AvgIpc) is 3.32. The molecule has 0 spiro atoms. The lowest BCUT2D eigenvalue weighted by atomic mass is 9.48. The van der Waals surface area contributed by atoms with Crippen molar-refractivity contribution in [1.82, 2.24) is 14.8 Å². The lowest BCUT2D eigenvalue weighted by Gasteiger charge is -2.57. The monoisotopic (exact) mass is 519 g/mol. The molecule has 0 unspecified atom stereocenters. The number of nitrogens with zero attached hydrogens (tertiary/aromatic N) is 2. The standard InChI is InChI=1S/C34H37N3O2/c1-21-5-4-6-24(11-21)20-36-32(38)31(35-33(36)39)16-28-12-22(2)37(23(28)3)30-9-7-29(8-10-30)34-17-25-13-26(18-34)15-27(14-25)19-34/h4-12,16,25-27H,13-15,17-20H2,1-3H3,(H,35,39)/b31-16+. The topological polar surface area (TPSA) is 54.3 Å². The van der Waals surface area contributed by atoms with E-state index in [0.29, 0.717) is 11.1 Å². The van der Waals surface area contributed by atoms with Gasteiger partial charge < -0.3 is 9.88 Å². The first-order valence-electron chi connectivity index (χ1n) is 14.5. The molecule has 3 amide bonds. The number of carbonyl (C=O) groups excluding carboxylic acids is 2. The van der Waals surface area contributed by atoms with E-state index in [4.69, 9.17) is 0 Å². The molecule has 39 heavy (non-hydrogen) atoms. The largest absolute Gasteiger partial charge is 0.329 e. The fraction of sp³-hybridized carbons (Fsp3) is 0.412. The van der Waals surface area contributed by atoms with E-state index in [1.165, 1.54) is 49.0 Å². The van der Waals surface area contributed by atoms with Crippen LogP contribution in [0.5, 0.6) is 0 Å². The van der Waals surface area contributed by atoms with Crippen LogP contribution in [0.15, 0.2) is 60.3 Å². The van der Waals surface area contributed by atoms with Crippen molar-refractivity contribution in [3.8, 4) is 5.69 Å². The van der Waals surface area contributed by atoms with E-state index >= 15 is 0 Å². The van der Waals surface area contributed by atoms with Crippen LogP contribution in [-0.4, -0.2) is 21.4 Å². The highest BCUT2D eigenvalue weighted by Gasteiger charge is 2.51. The number of aryl methyl sites for hydroxylation is 2. The van der Waals surface area contributed by atoms with E-state index in [2.05, 4.69) is 54.1 Å². The second-order valence-corrected chi connectivity index (χ2v) is 12.8. The SMILES string of the molecule is Cc1cccc(CN2C(=O)N/C(=C/c3cc(C)n(-c4ccc(C56CC7CC(CC(C7)C5)C6)cc4)c3C)C2=O)c1. The molecule has 0 atom stereocenters. The van der Waals surface area contributed by atoms with Gasteiger partial charge in [0.05, 0.1) is 6.54 Å². The number of aromatic nitrogens is 1. The summed E-state index contributed by atoms with van der Waals surface area (Å²) in [5.41, 5.74) is 8.55. The van der Waals surface area contributed by atoms with Gasteiger partial charge in [0, 0.05) is 17.1 Å². The van der Waals surface area contributed by atoms with E-state index in [9.17, 15) is 9.59 Å². The van der Waals surface area contributed by atoms with Crippen LogP contribution < -0.4 is 5.32 Å². The molecule has 8 rings (SSSR count). The zero-order valence-corrected chi connectivity index (χ0v) is 23.2. The number of hydrogen-bond acceptors (Lipinski definition) is 2. The van der Waals surface area contributed by atoms with E-state index in [0.717, 1.165) is 51.5 Å². The van der Waals surface area contributed by atoms with Crippen molar-refractivity contribution in [2.45, 2.75) is 71.3 Å². The second-order valence-electron chi connectivity index (χ2n) is 12.8. The highest BCUT2D eigenvalue weighted by atomic mass is 16.2. The number of nitrogens with one attached hydrogen (secondary N) is 1. The number of amides is 3. The minimum atomic E-state index is -0.373. The van der Waals surface area contributed by atoms with Crippen molar-refractivity contribution in [3.63, 3.8) is 0 Å². The molecule has 0 radical (unpaired) electrons. The van der Waals surface area contributed by atoms with Crippen LogP contribution in [0.4, 0.5) is 4.79 Å². The van der Waals surface area contributed by atoms with Gasteiger partial charge in [-0.05, 0) is 123 Å². The fourth-order valence-corrected chi connectivity index (χ4v) is 8.62. The maximum absolute atomic E-state index is 13.2. The van der Waals surface area contributed by atoms with Gasteiger partial charge in [-0.2, -0.15) is 0 Å². The van der Waals surface area contributed by atoms with Crippen LogP contribution in [0.1, 0.15) is 72.2 Å². The van der Waals surface area contributed by atoms with Crippen LogP contribution in [0.3, 0.4) is 0 Å². The van der Waals surface area contributed by atoms with Gasteiger partial charge in [0.25, 0.3) is 5.91 Å². The second kappa shape index (κ2) is 8.97. The summed E-state index contributed by atoms with van der Waals surface area (Å²) in [6.07, 6.45) is 10.3. The molecular weight excluding hydrogens is 482 g/mol. The Morgan fingerprint density at radius 1 is 0.897 bits per heavy atom. The minimum absolute atomic E-state index is 0.263. The van der Waals surface area contributed by atoms with E-state index in [-0.39, 0.29) is 18.5 Å². The average molecular weight is 520 g/mol. The Morgan fingerprint density at radius 2 is 1.56 bits per heavy atom. The van der Waals surface area contributed by atoms with Crippen molar-refractivity contribution < 1.29 is 9.59 Å². The van der Waals surface area contributed by atoms with Gasteiger partial charge in [0.2, 0.25) is 0 Å². The van der Waals surface area contributed by atoms with E-state index < -0.39 is 0 Å². The van der Waals surface area contributed by atoms with Crippen molar-refractivity contribution in [1.29, 1.82) is 0 Å². The molecule has 4 aliphatic carbocycles. The van der Waals surface area contributed by atoms with Crippen LogP contribution >= 0.6 is 0 Å². The summed E-state index contributed by atoms with van der Waals surface area (Å²) < 4.78 is 2.25. The first-order valence-corrected chi connectivity index (χ1v) is 14.5. The van der Waals surface area contributed by atoms with Crippen LogP contribution in [-0.2, 0) is 16.8 Å². The highest BCUT2D eigenvalue weighted by Crippen LogP contribution is 2.60. The Balaban J connectivity index is 1.13. The zero-order chi connectivity index (χ0) is 26.9. The molecule has 5 heteroatoms. The maximum atomic E-state index is 13.2. The predicted octanol–water partition coefficient (Wildman–Crippen LogP) is 6.96. The molecule has 2 aromatic carbocycles. The van der Waals surface area contributed by atoms with Gasteiger partial charge in [-0.1, -0.05) is 42.0 Å². The third kappa shape index (κ3) is 4.14. The molecule has 1 aromatic heterocycles. The van der Waals surface area contributed by atoms with E-state index in [1.54, 1.807) is 0 Å². The van der Waals surface area contributed by atoms with Gasteiger partial charge in [-0.3, -0.25) is 9.69 Å². The Bertz CT molecular complexity index is 1470. The first kappa shape index (κ1) is 24.4. The fourth-order valence-electron chi connectivity index (χ4n) is 8.62. The Labute approximate surface area is 230 Å². The summed E-state index contributed by atoms with van der Waals surface area (Å²) >= 11 is 0. The summed E-state index contributed by atoms with van der Waals surface area (Å²) in [6.45, 7) is 6.45. The predicted molar refractivity (Wildman–Crippen MR) is 153 cm³/mol. The van der Waals surface area contributed by atoms with Crippen LogP contribution in [0.2, 0.25) is 0 Å². The molecule has 5 fully saturated rings. The zero-order valence-electron chi connectivity index (χ0n) is 23.2. The van der Waals surface area contributed by atoms with Gasteiger partial charge in [-0.15, -0.1) is 0 Å². The Hall–Kier alpha value is -3.60. The van der Waals surface area contributed by atoms with Gasteiger partial charge in [0.15, 0.2) is 0 Å². The van der Waals surface area contributed by atoms with Gasteiger partial charge in [-0.25, -0.2) is 4.79 Å². The van der Waals surface area contributed by atoms with Crippen molar-refractivity contribution >= 4 is 18.0 Å². The summed E-state index contributed by atoms with van der Waals surface area (Å²) in [6, 6.07) is 18.9. The molecule has 5 nitrogen and oxygen atoms in total. The number of hydrogen-bond donors (Lipinski definition) is 1. The van der Waals surface area contributed by atoms with Gasteiger partial charge in [0.1, 0.15) is 5.70 Å². The van der Waals surface area contributed by atoms with Crippen molar-refractivity contribution in [2.75, 3.05) is 0 Å². The van der Waals surface area contributed by atoms with Crippen LogP contribution in [0.25, 0.3) is 11.8 Å². The maximum Gasteiger partial charge on any atom is 0.329 e. The van der Waals surface area contributed by atoms with Crippen LogP contribution in [0, 0.1) is 38.5 Å². The lowest BCUT2D eigenvalue weighted by molar-refractivity contribution is -0.123. The molecule has 4 saturated carbocycles. The molecule has 4 bridgehead atoms. The van der Waals surface area contributed by atoms with Gasteiger partial charge >= 0.3 is 6.03 Å². The number of urea groups is 1. The number of rotatable bonds is 5. The number of imide groups is 1. The number of benzene rings is 2. The third-order valence-electron chi connectivity index (χ3n) is 9.93. The van der Waals surface area contributed by atoms with Crippen molar-refractivity contribution in [3.05, 3.63) is 93.9 Å². The molecule has 2 heterocycles. The first-order chi connectivity index (χ1) is 18.8. The Kier molecular flexibility index (Phi) is 5.62. The number of carbonyl (C=O) groups is 2. The quantitative estimate of drug-likeness (QED) is 0.293. The van der Waals surface area contributed by atoms with E-state index in [1.807, 2.05) is 37.3 Å². The minimum Gasteiger partial charge on any atom is -0.318 e. The Morgan fingerprint density at radius 3 is 2.21 bits per heavy atom. The molecule has 1 aliphatic heterocycles. The smallest absolute Gasteiger partial charge is 0.318 e. The molecule has 1 saturated heterocycles. The highest BCUT2D eigenvalue weighted by molar-refractivity contribution is 6.14. The normalized spacial score (nSPS) is 28.5. The summed E-state index contributed by atoms with van der Waals surface area (Å²) in [5.74, 6) is 2.53. The summed E-state index contributed by atoms with van der Waals surface area (Å²) in [5, 5.41) is 2.79. The summed E-state index contributed by atoms with van der Waals surface area (Å²) in [7, 11) is 0. The molecule has 3 aromatic rings. The molecule has 200 valence electrons. The lowest BCUT2D eigenvalue weighted by Crippen LogP contribution is -2.48. The van der Waals surface area contributed by atoms with Crippen molar-refractivity contribution in [2.24, 2.45) is 17.8 Å². The summed E-state index contributed by atoms with van der Waals surface area (Å²) in [4.78, 5) is 27.1.